The van der Waals surface area contributed by atoms with Gasteiger partial charge in [-0.05, 0) is 42.3 Å². The molecule has 170 valence electrons. The summed E-state index contributed by atoms with van der Waals surface area (Å²) in [7, 11) is 0. The molecule has 2 aromatic carbocycles. The second kappa shape index (κ2) is 9.07. The SMILES string of the molecule is O=C(Cn1cnc2c(cnn2-c2cccc(C(F)(F)F)c2)c1=O)NCCc1ccc(Cl)cc1. The van der Waals surface area contributed by atoms with Crippen LogP contribution in [0.3, 0.4) is 0 Å². The molecule has 7 nitrogen and oxygen atoms in total. The summed E-state index contributed by atoms with van der Waals surface area (Å²) in [5.41, 5.74) is -0.150. The van der Waals surface area contributed by atoms with Gasteiger partial charge in [-0.2, -0.15) is 18.3 Å². The van der Waals surface area contributed by atoms with Gasteiger partial charge < -0.3 is 5.32 Å². The quantitative estimate of drug-likeness (QED) is 0.462. The zero-order valence-electron chi connectivity index (χ0n) is 17.0. The first-order valence-corrected chi connectivity index (χ1v) is 10.2. The largest absolute Gasteiger partial charge is 0.416 e. The monoisotopic (exact) mass is 475 g/mol. The molecular weight excluding hydrogens is 459 g/mol. The molecule has 0 atom stereocenters. The minimum atomic E-state index is -4.51. The molecule has 0 radical (unpaired) electrons. The van der Waals surface area contributed by atoms with Crippen LogP contribution in [0.2, 0.25) is 5.02 Å². The Morgan fingerprint density at radius 2 is 1.88 bits per heavy atom. The Morgan fingerprint density at radius 1 is 1.12 bits per heavy atom. The number of fused-ring (bicyclic) bond motifs is 1. The summed E-state index contributed by atoms with van der Waals surface area (Å²) in [5.74, 6) is -0.377. The molecule has 0 fully saturated rings. The summed E-state index contributed by atoms with van der Waals surface area (Å²) in [6.45, 7) is 0.121. The fraction of sp³-hybridized carbons (Fsp3) is 0.182. The van der Waals surface area contributed by atoms with Crippen molar-refractivity contribution in [3.63, 3.8) is 0 Å². The highest BCUT2D eigenvalue weighted by Gasteiger charge is 2.30. The molecule has 1 amide bonds. The summed E-state index contributed by atoms with van der Waals surface area (Å²) in [6, 6.07) is 11.8. The number of carbonyl (C=O) groups is 1. The maximum Gasteiger partial charge on any atom is 0.416 e. The van der Waals surface area contributed by atoms with Gasteiger partial charge in [0.1, 0.15) is 18.3 Å². The molecule has 33 heavy (non-hydrogen) atoms. The van der Waals surface area contributed by atoms with Crippen LogP contribution < -0.4 is 10.9 Å². The first kappa shape index (κ1) is 22.5. The smallest absolute Gasteiger partial charge is 0.354 e. The summed E-state index contributed by atoms with van der Waals surface area (Å²) in [6.07, 6.45) is -1.52. The summed E-state index contributed by atoms with van der Waals surface area (Å²) in [5, 5.41) is 7.47. The van der Waals surface area contributed by atoms with Crippen molar-refractivity contribution in [2.24, 2.45) is 0 Å². The van der Waals surface area contributed by atoms with Crippen LogP contribution in [-0.2, 0) is 23.9 Å². The van der Waals surface area contributed by atoms with Crippen LogP contribution >= 0.6 is 11.6 Å². The van der Waals surface area contributed by atoms with Gasteiger partial charge in [0, 0.05) is 11.6 Å². The van der Waals surface area contributed by atoms with E-state index in [4.69, 9.17) is 11.6 Å². The van der Waals surface area contributed by atoms with E-state index < -0.39 is 17.3 Å². The van der Waals surface area contributed by atoms with E-state index in [1.165, 1.54) is 24.7 Å². The maximum atomic E-state index is 13.0. The fourth-order valence-corrected chi connectivity index (χ4v) is 3.40. The molecule has 11 heteroatoms. The van der Waals surface area contributed by atoms with Gasteiger partial charge >= 0.3 is 6.18 Å². The number of aromatic nitrogens is 4. The standard InChI is InChI=1S/C22H17ClF3N5O2/c23-16-6-4-14(5-7-16)8-9-27-19(32)12-30-13-28-20-18(21(30)33)11-29-31(20)17-3-1-2-15(10-17)22(24,25)26/h1-7,10-11,13H,8-9,12H2,(H,27,32). The number of halogens is 4. The van der Waals surface area contributed by atoms with Crippen molar-refractivity contribution in [1.82, 2.24) is 24.6 Å². The number of nitrogens with one attached hydrogen (secondary N) is 1. The molecule has 0 saturated heterocycles. The highest BCUT2D eigenvalue weighted by molar-refractivity contribution is 6.30. The first-order valence-electron chi connectivity index (χ1n) is 9.84. The van der Waals surface area contributed by atoms with E-state index >= 15 is 0 Å². The lowest BCUT2D eigenvalue weighted by molar-refractivity contribution is -0.137. The molecule has 0 aliphatic rings. The van der Waals surface area contributed by atoms with Gasteiger partial charge in [0.15, 0.2) is 5.65 Å². The van der Waals surface area contributed by atoms with E-state index in [0.717, 1.165) is 26.9 Å². The minimum Gasteiger partial charge on any atom is -0.354 e. The Morgan fingerprint density at radius 3 is 2.61 bits per heavy atom. The van der Waals surface area contributed by atoms with Gasteiger partial charge in [-0.1, -0.05) is 29.8 Å². The second-order valence-corrected chi connectivity index (χ2v) is 7.68. The lowest BCUT2D eigenvalue weighted by Crippen LogP contribution is -2.33. The summed E-state index contributed by atoms with van der Waals surface area (Å²) < 4.78 is 41.3. The molecule has 0 spiro atoms. The van der Waals surface area contributed by atoms with Gasteiger partial charge in [-0.3, -0.25) is 14.2 Å². The Hall–Kier alpha value is -3.66. The molecule has 0 aliphatic carbocycles. The Labute approximate surface area is 190 Å². The first-order chi connectivity index (χ1) is 15.7. The Kier molecular flexibility index (Phi) is 6.19. The van der Waals surface area contributed by atoms with Gasteiger partial charge in [0.05, 0.1) is 17.4 Å². The molecule has 0 aliphatic heterocycles. The van der Waals surface area contributed by atoms with E-state index in [0.29, 0.717) is 18.0 Å². The topological polar surface area (TPSA) is 81.8 Å². The minimum absolute atomic E-state index is 0.0869. The molecule has 0 saturated carbocycles. The van der Waals surface area contributed by atoms with Crippen molar-refractivity contribution in [1.29, 1.82) is 0 Å². The summed E-state index contributed by atoms with van der Waals surface area (Å²) in [4.78, 5) is 29.2. The number of alkyl halides is 3. The van der Waals surface area contributed by atoms with Crippen LogP contribution in [0.1, 0.15) is 11.1 Å². The van der Waals surface area contributed by atoms with Crippen molar-refractivity contribution < 1.29 is 18.0 Å². The number of benzene rings is 2. The molecule has 0 unspecified atom stereocenters. The third-order valence-corrected chi connectivity index (χ3v) is 5.19. The third-order valence-electron chi connectivity index (χ3n) is 4.94. The zero-order valence-corrected chi connectivity index (χ0v) is 17.8. The van der Waals surface area contributed by atoms with Crippen molar-refractivity contribution in [2.45, 2.75) is 19.1 Å². The van der Waals surface area contributed by atoms with Crippen molar-refractivity contribution in [3.8, 4) is 5.69 Å². The van der Waals surface area contributed by atoms with Gasteiger partial charge in [0.25, 0.3) is 5.56 Å². The van der Waals surface area contributed by atoms with Gasteiger partial charge in [-0.15, -0.1) is 0 Å². The van der Waals surface area contributed by atoms with E-state index in [2.05, 4.69) is 15.4 Å². The van der Waals surface area contributed by atoms with E-state index in [1.54, 1.807) is 12.1 Å². The second-order valence-electron chi connectivity index (χ2n) is 7.25. The van der Waals surface area contributed by atoms with E-state index in [1.807, 2.05) is 12.1 Å². The summed E-state index contributed by atoms with van der Waals surface area (Å²) >= 11 is 5.84. The normalized spacial score (nSPS) is 11.6. The number of carbonyl (C=O) groups excluding carboxylic acids is 1. The molecule has 4 aromatic rings. The van der Waals surface area contributed by atoms with Crippen LogP contribution in [0.4, 0.5) is 13.2 Å². The van der Waals surface area contributed by atoms with Crippen LogP contribution in [0, 0.1) is 0 Å². The number of amides is 1. The number of nitrogens with zero attached hydrogens (tertiary/aromatic N) is 4. The van der Waals surface area contributed by atoms with Crippen molar-refractivity contribution in [3.05, 3.63) is 87.6 Å². The lowest BCUT2D eigenvalue weighted by atomic mass is 10.1. The van der Waals surface area contributed by atoms with Crippen LogP contribution in [0.25, 0.3) is 16.7 Å². The number of hydrogen-bond acceptors (Lipinski definition) is 4. The molecular formula is C22H17ClF3N5O2. The third kappa shape index (κ3) is 5.06. The highest BCUT2D eigenvalue weighted by Crippen LogP contribution is 2.30. The van der Waals surface area contributed by atoms with E-state index in [9.17, 15) is 22.8 Å². The average molecular weight is 476 g/mol. The molecule has 4 rings (SSSR count). The molecule has 1 N–H and O–H groups in total. The van der Waals surface area contributed by atoms with Crippen molar-refractivity contribution >= 4 is 28.5 Å². The predicted octanol–water partition coefficient (Wildman–Crippen LogP) is 3.61. The Bertz CT molecular complexity index is 1360. The Balaban J connectivity index is 1.48. The number of rotatable bonds is 6. The van der Waals surface area contributed by atoms with Crippen LogP contribution in [-0.4, -0.2) is 31.8 Å². The van der Waals surface area contributed by atoms with E-state index in [-0.39, 0.29) is 29.2 Å². The lowest BCUT2D eigenvalue weighted by Gasteiger charge is -2.10. The van der Waals surface area contributed by atoms with Crippen LogP contribution in [0.15, 0.2) is 65.8 Å². The molecule has 2 aromatic heterocycles. The predicted molar refractivity (Wildman–Crippen MR) is 116 cm³/mol. The van der Waals surface area contributed by atoms with Crippen LogP contribution in [0.5, 0.6) is 0 Å². The van der Waals surface area contributed by atoms with Gasteiger partial charge in [-0.25, -0.2) is 9.67 Å². The maximum absolute atomic E-state index is 13.0. The molecule has 0 bridgehead atoms. The van der Waals surface area contributed by atoms with Crippen molar-refractivity contribution in [2.75, 3.05) is 6.54 Å². The number of hydrogen-bond donors (Lipinski definition) is 1. The fourth-order valence-electron chi connectivity index (χ4n) is 3.27. The zero-order chi connectivity index (χ0) is 23.6. The average Bonchev–Trinajstić information content (AvgIpc) is 3.21. The van der Waals surface area contributed by atoms with Gasteiger partial charge in [0.2, 0.25) is 5.91 Å². The highest BCUT2D eigenvalue weighted by atomic mass is 35.5. The molecule has 2 heterocycles.